The van der Waals surface area contributed by atoms with Gasteiger partial charge in [-0.1, -0.05) is 55.5 Å². The van der Waals surface area contributed by atoms with Crippen LogP contribution in [-0.2, 0) is 4.74 Å². The van der Waals surface area contributed by atoms with E-state index in [0.717, 1.165) is 17.9 Å². The molecule has 0 spiro atoms. The van der Waals surface area contributed by atoms with E-state index in [9.17, 15) is 0 Å². The lowest BCUT2D eigenvalue weighted by Gasteiger charge is -2.39. The molecule has 0 atom stereocenters. The molecular weight excluding hydrogens is 276 g/mol. The fourth-order valence-corrected chi connectivity index (χ4v) is 3.47. The Kier molecular flexibility index (Phi) is 7.77. The molecule has 1 rings (SSSR count). The fraction of sp³-hybridized carbons (Fsp3) is 1.00. The average Bonchev–Trinajstić information content (AvgIpc) is 2.39. The van der Waals surface area contributed by atoms with E-state index >= 15 is 0 Å². The second-order valence-electron chi connectivity index (χ2n) is 5.58. The number of hydrogen-bond acceptors (Lipinski definition) is 1. The molecule has 2 heteroatoms. The van der Waals surface area contributed by atoms with Gasteiger partial charge in [-0.25, -0.2) is 0 Å². The third kappa shape index (κ3) is 5.30. The highest BCUT2D eigenvalue weighted by atomic mass is 79.9. The number of unbranched alkanes of at least 4 members (excludes halogenated alkanes) is 3. The Morgan fingerprint density at radius 2 is 1.82 bits per heavy atom. The van der Waals surface area contributed by atoms with Gasteiger partial charge in [-0.3, -0.25) is 0 Å². The van der Waals surface area contributed by atoms with E-state index in [1.807, 2.05) is 0 Å². The molecule has 1 aliphatic rings. The second kappa shape index (κ2) is 8.53. The SMILES string of the molecule is CCCCCCOC1(CBr)CCC(CC)CC1. The Bertz CT molecular complexity index is 185. The maximum Gasteiger partial charge on any atom is 0.0779 e. The van der Waals surface area contributed by atoms with Crippen LogP contribution in [0.25, 0.3) is 0 Å². The zero-order chi connectivity index (χ0) is 12.6. The van der Waals surface area contributed by atoms with Crippen molar-refractivity contribution < 1.29 is 4.74 Å². The number of halogens is 1. The second-order valence-corrected chi connectivity index (χ2v) is 6.14. The molecule has 102 valence electrons. The van der Waals surface area contributed by atoms with E-state index in [1.54, 1.807) is 0 Å². The third-order valence-electron chi connectivity index (χ3n) is 4.24. The predicted molar refractivity (Wildman–Crippen MR) is 78.9 cm³/mol. The van der Waals surface area contributed by atoms with Crippen LogP contribution in [-0.4, -0.2) is 17.5 Å². The van der Waals surface area contributed by atoms with Gasteiger partial charge < -0.3 is 4.74 Å². The van der Waals surface area contributed by atoms with Crippen molar-refractivity contribution in [3.8, 4) is 0 Å². The van der Waals surface area contributed by atoms with Crippen LogP contribution in [0.1, 0.15) is 71.6 Å². The van der Waals surface area contributed by atoms with Gasteiger partial charge in [-0.2, -0.15) is 0 Å². The third-order valence-corrected chi connectivity index (χ3v) is 5.27. The van der Waals surface area contributed by atoms with Crippen molar-refractivity contribution in [1.82, 2.24) is 0 Å². The van der Waals surface area contributed by atoms with E-state index < -0.39 is 0 Å². The van der Waals surface area contributed by atoms with Gasteiger partial charge in [0.1, 0.15) is 0 Å². The topological polar surface area (TPSA) is 9.23 Å². The number of alkyl halides is 1. The summed E-state index contributed by atoms with van der Waals surface area (Å²) in [6.45, 7) is 5.53. The predicted octanol–water partition coefficient (Wildman–Crippen LogP) is 5.32. The minimum atomic E-state index is 0.165. The van der Waals surface area contributed by atoms with Crippen LogP contribution < -0.4 is 0 Å². The molecule has 0 aromatic rings. The summed E-state index contributed by atoms with van der Waals surface area (Å²) in [6, 6.07) is 0. The van der Waals surface area contributed by atoms with E-state index in [0.29, 0.717) is 0 Å². The number of rotatable bonds is 8. The first-order valence-electron chi connectivity index (χ1n) is 7.46. The van der Waals surface area contributed by atoms with Crippen molar-refractivity contribution in [2.75, 3.05) is 11.9 Å². The van der Waals surface area contributed by atoms with Crippen molar-refractivity contribution >= 4 is 15.9 Å². The first-order valence-corrected chi connectivity index (χ1v) is 8.58. The number of ether oxygens (including phenoxy) is 1. The maximum atomic E-state index is 6.21. The Labute approximate surface area is 116 Å². The molecule has 0 bridgehead atoms. The summed E-state index contributed by atoms with van der Waals surface area (Å²) in [7, 11) is 0. The summed E-state index contributed by atoms with van der Waals surface area (Å²) in [5.74, 6) is 0.950. The van der Waals surface area contributed by atoms with Gasteiger partial charge in [-0.15, -0.1) is 0 Å². The summed E-state index contributed by atoms with van der Waals surface area (Å²) in [6.07, 6.45) is 11.8. The van der Waals surface area contributed by atoms with E-state index in [-0.39, 0.29) is 5.60 Å². The van der Waals surface area contributed by atoms with Gasteiger partial charge in [-0.05, 0) is 38.0 Å². The van der Waals surface area contributed by atoms with Crippen LogP contribution >= 0.6 is 15.9 Å². The zero-order valence-corrected chi connectivity index (χ0v) is 13.2. The lowest BCUT2D eigenvalue weighted by molar-refractivity contribution is -0.0614. The van der Waals surface area contributed by atoms with Crippen molar-refractivity contribution in [2.45, 2.75) is 77.2 Å². The van der Waals surface area contributed by atoms with Crippen molar-refractivity contribution in [3.05, 3.63) is 0 Å². The molecule has 0 saturated heterocycles. The normalized spacial score (nSPS) is 29.5. The molecule has 1 fully saturated rings. The van der Waals surface area contributed by atoms with Crippen LogP contribution in [0.2, 0.25) is 0 Å². The minimum Gasteiger partial charge on any atom is -0.374 e. The van der Waals surface area contributed by atoms with Gasteiger partial charge in [0.25, 0.3) is 0 Å². The Morgan fingerprint density at radius 3 is 2.35 bits per heavy atom. The molecule has 0 aliphatic heterocycles. The van der Waals surface area contributed by atoms with E-state index in [4.69, 9.17) is 4.74 Å². The zero-order valence-electron chi connectivity index (χ0n) is 11.6. The Balaban J connectivity index is 2.22. The summed E-state index contributed by atoms with van der Waals surface area (Å²) >= 11 is 3.67. The van der Waals surface area contributed by atoms with Crippen LogP contribution in [0.5, 0.6) is 0 Å². The summed E-state index contributed by atoms with van der Waals surface area (Å²) in [5, 5.41) is 1.02. The Hall–Kier alpha value is 0.440. The lowest BCUT2D eigenvalue weighted by atomic mass is 9.78. The van der Waals surface area contributed by atoms with E-state index in [1.165, 1.54) is 57.8 Å². The van der Waals surface area contributed by atoms with Crippen LogP contribution in [0.4, 0.5) is 0 Å². The fourth-order valence-electron chi connectivity index (χ4n) is 2.75. The van der Waals surface area contributed by atoms with E-state index in [2.05, 4.69) is 29.8 Å². The van der Waals surface area contributed by atoms with Gasteiger partial charge in [0.05, 0.1) is 5.60 Å². The summed E-state index contributed by atoms with van der Waals surface area (Å²) < 4.78 is 6.21. The van der Waals surface area contributed by atoms with Crippen molar-refractivity contribution in [2.24, 2.45) is 5.92 Å². The standard InChI is InChI=1S/C15H29BrO/c1-3-5-6-7-12-17-15(13-16)10-8-14(4-2)9-11-15/h14H,3-13H2,1-2H3. The highest BCUT2D eigenvalue weighted by Gasteiger charge is 2.34. The highest BCUT2D eigenvalue weighted by molar-refractivity contribution is 9.09. The molecule has 0 aromatic carbocycles. The monoisotopic (exact) mass is 304 g/mol. The molecule has 0 heterocycles. The molecule has 1 nitrogen and oxygen atoms in total. The maximum absolute atomic E-state index is 6.21. The summed E-state index contributed by atoms with van der Waals surface area (Å²) in [4.78, 5) is 0. The molecule has 0 radical (unpaired) electrons. The molecule has 0 aromatic heterocycles. The van der Waals surface area contributed by atoms with Gasteiger partial charge in [0.15, 0.2) is 0 Å². The highest BCUT2D eigenvalue weighted by Crippen LogP contribution is 2.37. The quantitative estimate of drug-likeness (QED) is 0.436. The van der Waals surface area contributed by atoms with Crippen molar-refractivity contribution in [1.29, 1.82) is 0 Å². The van der Waals surface area contributed by atoms with Gasteiger partial charge >= 0.3 is 0 Å². The van der Waals surface area contributed by atoms with Gasteiger partial charge in [0, 0.05) is 11.9 Å². The molecule has 17 heavy (non-hydrogen) atoms. The largest absolute Gasteiger partial charge is 0.374 e. The lowest BCUT2D eigenvalue weighted by Crippen LogP contribution is -2.39. The smallest absolute Gasteiger partial charge is 0.0779 e. The number of hydrogen-bond donors (Lipinski definition) is 0. The molecule has 1 aliphatic carbocycles. The summed E-state index contributed by atoms with van der Waals surface area (Å²) in [5.41, 5.74) is 0.165. The minimum absolute atomic E-state index is 0.165. The first-order chi connectivity index (χ1) is 8.26. The Morgan fingerprint density at radius 1 is 1.12 bits per heavy atom. The van der Waals surface area contributed by atoms with Crippen LogP contribution in [0, 0.1) is 5.92 Å². The van der Waals surface area contributed by atoms with Gasteiger partial charge in [0.2, 0.25) is 0 Å². The van der Waals surface area contributed by atoms with Crippen LogP contribution in [0.3, 0.4) is 0 Å². The average molecular weight is 305 g/mol. The molecular formula is C15H29BrO. The first kappa shape index (κ1) is 15.5. The molecule has 0 N–H and O–H groups in total. The van der Waals surface area contributed by atoms with Crippen molar-refractivity contribution in [3.63, 3.8) is 0 Å². The molecule has 1 saturated carbocycles. The van der Waals surface area contributed by atoms with Crippen LogP contribution in [0.15, 0.2) is 0 Å². The molecule has 0 unspecified atom stereocenters. The molecule has 0 amide bonds.